The Hall–Kier alpha value is -0.720. The van der Waals surface area contributed by atoms with Gasteiger partial charge in [-0.05, 0) is 116 Å². The second kappa shape index (κ2) is 9.19. The number of thiazole rings is 1. The summed E-state index contributed by atoms with van der Waals surface area (Å²) in [6, 6.07) is 5.99. The van der Waals surface area contributed by atoms with E-state index >= 15 is 0 Å². The van der Waals surface area contributed by atoms with E-state index in [4.69, 9.17) is 16.6 Å². The number of nitrogens with zero attached hydrogens (tertiary/aromatic N) is 1. The molecule has 0 bridgehead atoms. The number of para-hydroxylation sites is 1. The van der Waals surface area contributed by atoms with Crippen LogP contribution in [0.4, 0.5) is 0 Å². The van der Waals surface area contributed by atoms with Gasteiger partial charge < -0.3 is 15.3 Å². The Morgan fingerprint density at radius 3 is 2.67 bits per heavy atom. The largest absolute Gasteiger partial charge is 0.393 e. The molecule has 6 rings (SSSR count). The first kappa shape index (κ1) is 25.6. The van der Waals surface area contributed by atoms with Crippen molar-refractivity contribution in [3.8, 4) is 0 Å². The van der Waals surface area contributed by atoms with Crippen LogP contribution in [0.2, 0.25) is 5.02 Å². The molecule has 3 N–H and O–H groups in total. The second-order valence-electron chi connectivity index (χ2n) is 13.2. The number of benzene rings is 1. The smallest absolute Gasteiger partial charge is 0.100 e. The third-order valence-corrected chi connectivity index (χ3v) is 13.1. The maximum atomic E-state index is 11.8. The average Bonchev–Trinajstić information content (AvgIpc) is 3.42. The van der Waals surface area contributed by atoms with Crippen LogP contribution in [0.3, 0.4) is 0 Å². The van der Waals surface area contributed by atoms with Crippen LogP contribution in [0.1, 0.15) is 77.1 Å². The highest BCUT2D eigenvalue weighted by Crippen LogP contribution is 2.68. The van der Waals surface area contributed by atoms with Gasteiger partial charge in [0.1, 0.15) is 5.52 Å². The fraction of sp³-hybridized carbons (Fsp3) is 0.767. The molecule has 4 saturated carbocycles. The van der Waals surface area contributed by atoms with Crippen LogP contribution < -0.4 is 0 Å². The first-order valence-corrected chi connectivity index (χ1v) is 15.4. The molecule has 0 aliphatic heterocycles. The van der Waals surface area contributed by atoms with Gasteiger partial charge in [0.25, 0.3) is 0 Å². The summed E-state index contributed by atoms with van der Waals surface area (Å²) in [6.45, 7) is 7.12. The van der Waals surface area contributed by atoms with Gasteiger partial charge in [0.05, 0.1) is 33.0 Å². The van der Waals surface area contributed by atoms with Crippen molar-refractivity contribution in [3.05, 3.63) is 28.2 Å². The minimum absolute atomic E-state index is 0.128. The summed E-state index contributed by atoms with van der Waals surface area (Å²) in [4.78, 5) is 4.83. The zero-order valence-electron chi connectivity index (χ0n) is 21.9. The average molecular weight is 532 g/mol. The topological polar surface area (TPSA) is 73.6 Å². The molecular weight excluding hydrogens is 490 g/mol. The predicted molar refractivity (Wildman–Crippen MR) is 146 cm³/mol. The van der Waals surface area contributed by atoms with Crippen molar-refractivity contribution < 1.29 is 15.3 Å². The van der Waals surface area contributed by atoms with Gasteiger partial charge in [-0.25, -0.2) is 4.98 Å². The highest BCUT2D eigenvalue weighted by atomic mass is 35.5. The molecular formula is C30H42ClNO3S. The normalized spacial score (nSPS) is 45.2. The number of rotatable bonds is 4. The Balaban J connectivity index is 1.21. The van der Waals surface area contributed by atoms with Gasteiger partial charge in [0.2, 0.25) is 0 Å². The van der Waals surface area contributed by atoms with E-state index in [1.54, 1.807) is 11.3 Å². The maximum absolute atomic E-state index is 11.8. The minimum atomic E-state index is -0.324. The summed E-state index contributed by atoms with van der Waals surface area (Å²) in [5.41, 5.74) is 0.904. The van der Waals surface area contributed by atoms with Crippen LogP contribution in [-0.4, -0.2) is 38.6 Å². The lowest BCUT2D eigenvalue weighted by molar-refractivity contribution is -0.207. The van der Waals surface area contributed by atoms with E-state index in [-0.39, 0.29) is 35.1 Å². The summed E-state index contributed by atoms with van der Waals surface area (Å²) >= 11 is 8.11. The van der Waals surface area contributed by atoms with Crippen molar-refractivity contribution in [3.63, 3.8) is 0 Å². The monoisotopic (exact) mass is 531 g/mol. The first-order chi connectivity index (χ1) is 17.1. The van der Waals surface area contributed by atoms with E-state index in [9.17, 15) is 15.3 Å². The fourth-order valence-electron chi connectivity index (χ4n) is 9.75. The molecule has 0 spiro atoms. The number of aryl methyl sites for hydroxylation is 1. The van der Waals surface area contributed by atoms with Gasteiger partial charge in [-0.1, -0.05) is 38.4 Å². The molecule has 1 aromatic carbocycles. The van der Waals surface area contributed by atoms with E-state index < -0.39 is 0 Å². The molecule has 6 heteroatoms. The number of hydrogen-bond acceptors (Lipinski definition) is 5. The maximum Gasteiger partial charge on any atom is 0.100 e. The molecule has 11 atom stereocenters. The SMILES string of the molecule is CC(CCc1nc2c(Cl)cccc2s1)[C@H]1CC[C@H]2[C@@H]3[C@H](O)C[C@@H]4C[C@H](O)CC[C@]4(C)[C@H]3C[C@H](O)[C@]12C. The lowest BCUT2D eigenvalue weighted by atomic mass is 9.43. The molecule has 36 heavy (non-hydrogen) atoms. The number of hydrogen-bond donors (Lipinski definition) is 3. The molecule has 1 unspecified atom stereocenters. The van der Waals surface area contributed by atoms with E-state index in [1.165, 1.54) is 0 Å². The van der Waals surface area contributed by atoms with Gasteiger partial charge in [-0.2, -0.15) is 0 Å². The minimum Gasteiger partial charge on any atom is -0.393 e. The van der Waals surface area contributed by atoms with Crippen LogP contribution in [0.25, 0.3) is 10.2 Å². The molecule has 1 aromatic heterocycles. The van der Waals surface area contributed by atoms with Gasteiger partial charge in [0.15, 0.2) is 0 Å². The zero-order chi connectivity index (χ0) is 25.4. The lowest BCUT2D eigenvalue weighted by Gasteiger charge is -2.63. The van der Waals surface area contributed by atoms with Crippen LogP contribution in [0.5, 0.6) is 0 Å². The Morgan fingerprint density at radius 2 is 1.89 bits per heavy atom. The van der Waals surface area contributed by atoms with Crippen LogP contribution in [0.15, 0.2) is 18.2 Å². The van der Waals surface area contributed by atoms with Crippen molar-refractivity contribution in [2.75, 3.05) is 0 Å². The number of aliphatic hydroxyl groups excluding tert-OH is 3. The summed E-state index contributed by atoms with van der Waals surface area (Å²) < 4.78 is 1.15. The van der Waals surface area contributed by atoms with Gasteiger partial charge in [-0.3, -0.25) is 0 Å². The Kier molecular flexibility index (Phi) is 6.52. The molecule has 0 radical (unpaired) electrons. The lowest BCUT2D eigenvalue weighted by Crippen LogP contribution is -2.62. The Bertz CT molecular complexity index is 1120. The third-order valence-electron chi connectivity index (χ3n) is 11.7. The molecule has 2 aromatic rings. The zero-order valence-corrected chi connectivity index (χ0v) is 23.4. The van der Waals surface area contributed by atoms with E-state index in [2.05, 4.69) is 26.8 Å². The first-order valence-electron chi connectivity index (χ1n) is 14.2. The van der Waals surface area contributed by atoms with Gasteiger partial charge in [0, 0.05) is 0 Å². The van der Waals surface area contributed by atoms with Crippen molar-refractivity contribution in [2.45, 2.75) is 96.9 Å². The molecule has 4 nitrogen and oxygen atoms in total. The fourth-order valence-corrected chi connectivity index (χ4v) is 11.0. The molecule has 4 fully saturated rings. The summed E-state index contributed by atoms with van der Waals surface area (Å²) in [7, 11) is 0. The van der Waals surface area contributed by atoms with Gasteiger partial charge in [-0.15, -0.1) is 11.3 Å². The van der Waals surface area contributed by atoms with Crippen molar-refractivity contribution in [2.24, 2.45) is 46.3 Å². The van der Waals surface area contributed by atoms with Crippen LogP contribution >= 0.6 is 22.9 Å². The highest BCUT2D eigenvalue weighted by molar-refractivity contribution is 7.18. The van der Waals surface area contributed by atoms with Crippen molar-refractivity contribution in [1.29, 1.82) is 0 Å². The second-order valence-corrected chi connectivity index (χ2v) is 14.8. The number of fused-ring (bicyclic) bond motifs is 6. The molecule has 4 aliphatic carbocycles. The quantitative estimate of drug-likeness (QED) is 0.422. The molecule has 0 amide bonds. The summed E-state index contributed by atoms with van der Waals surface area (Å²) in [5, 5.41) is 35.5. The predicted octanol–water partition coefficient (Wildman–Crippen LogP) is 6.48. The number of aliphatic hydroxyl groups is 3. The van der Waals surface area contributed by atoms with Crippen molar-refractivity contribution in [1.82, 2.24) is 4.98 Å². The molecule has 4 aliphatic rings. The van der Waals surface area contributed by atoms with E-state index in [0.29, 0.717) is 29.6 Å². The molecule has 0 saturated heterocycles. The number of aromatic nitrogens is 1. The van der Waals surface area contributed by atoms with Crippen molar-refractivity contribution >= 4 is 33.2 Å². The number of halogens is 1. The highest BCUT2D eigenvalue weighted by Gasteiger charge is 2.65. The standard InChI is InChI=1S/C30H42ClNO3S/c1-16(7-10-26-32-28-22(31)5-4-6-24(28)36-26)19-8-9-20-27-21(15-25(35)30(19,20)3)29(2)12-11-18(33)13-17(29)14-23(27)34/h4-6,16-21,23,25,27,33-35H,7-15H2,1-3H3/t16?,17-,18+,19+,20-,21-,23+,25-,27-,29-,30+/m0/s1. The van der Waals surface area contributed by atoms with Gasteiger partial charge >= 0.3 is 0 Å². The summed E-state index contributed by atoms with van der Waals surface area (Å²) in [5.74, 6) is 2.32. The van der Waals surface area contributed by atoms with E-state index in [0.717, 1.165) is 78.0 Å². The molecule has 198 valence electrons. The summed E-state index contributed by atoms with van der Waals surface area (Å²) in [6.07, 6.45) is 7.71. The van der Waals surface area contributed by atoms with E-state index in [1.807, 2.05) is 12.1 Å². The molecule has 1 heterocycles. The van der Waals surface area contributed by atoms with Crippen LogP contribution in [0, 0.1) is 46.3 Å². The third kappa shape index (κ3) is 3.82. The Morgan fingerprint density at radius 1 is 1.08 bits per heavy atom. The Labute approximate surface area is 224 Å². The van der Waals surface area contributed by atoms with Crippen LogP contribution in [-0.2, 0) is 6.42 Å².